The maximum atomic E-state index is 12.4. The van der Waals surface area contributed by atoms with Gasteiger partial charge in [0.15, 0.2) is 0 Å². The zero-order chi connectivity index (χ0) is 14.3. The molecule has 0 bridgehead atoms. The fourth-order valence-corrected chi connectivity index (χ4v) is 3.82. The molecular weight excluding hydrogens is 260 g/mol. The lowest BCUT2D eigenvalue weighted by atomic mass is 9.98. The van der Waals surface area contributed by atoms with E-state index in [1.165, 1.54) is 0 Å². The van der Waals surface area contributed by atoms with Gasteiger partial charge in [-0.1, -0.05) is 6.07 Å². The van der Waals surface area contributed by atoms with Crippen molar-refractivity contribution in [3.8, 4) is 0 Å². The highest BCUT2D eigenvalue weighted by molar-refractivity contribution is 7.89. The maximum absolute atomic E-state index is 12.4. The predicted molar refractivity (Wildman–Crippen MR) is 76.4 cm³/mol. The first-order chi connectivity index (χ1) is 8.78. The third-order valence-corrected chi connectivity index (χ3v) is 5.67. The zero-order valence-electron chi connectivity index (χ0n) is 11.7. The summed E-state index contributed by atoms with van der Waals surface area (Å²) in [6, 6.07) is 5.19. The van der Waals surface area contributed by atoms with Crippen LogP contribution in [0.25, 0.3) is 0 Å². The summed E-state index contributed by atoms with van der Waals surface area (Å²) < 4.78 is 27.7. The van der Waals surface area contributed by atoms with Crippen LogP contribution in [0.1, 0.15) is 30.9 Å². The standard InChI is InChI=1S/C14H22N2O2S/c1-10-4-7-13(8-11(10)2)19(17,18)16-14(3,9-15)12-5-6-12/h4,7-8,12,16H,5-6,9,15H2,1-3H3. The van der Waals surface area contributed by atoms with Crippen molar-refractivity contribution in [1.82, 2.24) is 4.72 Å². The Kier molecular flexibility index (Phi) is 3.73. The molecule has 1 aromatic carbocycles. The topological polar surface area (TPSA) is 72.2 Å². The number of hydrogen-bond donors (Lipinski definition) is 2. The van der Waals surface area contributed by atoms with Crippen molar-refractivity contribution in [3.63, 3.8) is 0 Å². The van der Waals surface area contributed by atoms with Crippen molar-refractivity contribution in [1.29, 1.82) is 0 Å². The minimum absolute atomic E-state index is 0.316. The first-order valence-corrected chi connectivity index (χ1v) is 8.08. The second-order valence-electron chi connectivity index (χ2n) is 5.75. The number of sulfonamides is 1. The molecule has 0 aromatic heterocycles. The predicted octanol–water partition coefficient (Wildman–Crippen LogP) is 1.71. The average molecular weight is 282 g/mol. The Morgan fingerprint density at radius 2 is 1.95 bits per heavy atom. The van der Waals surface area contributed by atoms with Crippen LogP contribution in [0.3, 0.4) is 0 Å². The summed E-state index contributed by atoms with van der Waals surface area (Å²) in [5.74, 6) is 0.360. The number of hydrogen-bond acceptors (Lipinski definition) is 3. The molecule has 0 amide bonds. The van der Waals surface area contributed by atoms with Gasteiger partial charge >= 0.3 is 0 Å². The van der Waals surface area contributed by atoms with Crippen molar-refractivity contribution >= 4 is 10.0 Å². The lowest BCUT2D eigenvalue weighted by Crippen LogP contribution is -2.52. The van der Waals surface area contributed by atoms with Gasteiger partial charge in [-0.05, 0) is 62.8 Å². The molecule has 19 heavy (non-hydrogen) atoms. The SMILES string of the molecule is Cc1ccc(S(=O)(=O)NC(C)(CN)C2CC2)cc1C. The molecule has 0 heterocycles. The lowest BCUT2D eigenvalue weighted by molar-refractivity contribution is 0.374. The summed E-state index contributed by atoms with van der Waals surface area (Å²) >= 11 is 0. The van der Waals surface area contributed by atoms with Crippen LogP contribution in [0.5, 0.6) is 0 Å². The molecule has 1 atom stereocenters. The van der Waals surface area contributed by atoms with Gasteiger partial charge in [-0.3, -0.25) is 0 Å². The lowest BCUT2D eigenvalue weighted by Gasteiger charge is -2.29. The van der Waals surface area contributed by atoms with Gasteiger partial charge in [0.05, 0.1) is 4.90 Å². The summed E-state index contributed by atoms with van der Waals surface area (Å²) in [7, 11) is -3.50. The van der Waals surface area contributed by atoms with Gasteiger partial charge in [0.2, 0.25) is 10.0 Å². The largest absolute Gasteiger partial charge is 0.329 e. The minimum atomic E-state index is -3.50. The Bertz CT molecular complexity index is 579. The van der Waals surface area contributed by atoms with Gasteiger partial charge in [0.25, 0.3) is 0 Å². The number of rotatable bonds is 5. The van der Waals surface area contributed by atoms with Crippen LogP contribution in [0.2, 0.25) is 0 Å². The van der Waals surface area contributed by atoms with Crippen molar-refractivity contribution in [2.75, 3.05) is 6.54 Å². The molecule has 5 heteroatoms. The Labute approximate surface area is 115 Å². The third-order valence-electron chi connectivity index (χ3n) is 4.06. The Morgan fingerprint density at radius 3 is 2.42 bits per heavy atom. The van der Waals surface area contributed by atoms with E-state index in [2.05, 4.69) is 4.72 Å². The quantitative estimate of drug-likeness (QED) is 0.863. The van der Waals surface area contributed by atoms with E-state index in [1.54, 1.807) is 12.1 Å². The summed E-state index contributed by atoms with van der Waals surface area (Å²) in [6.45, 7) is 6.09. The third kappa shape index (κ3) is 2.99. The van der Waals surface area contributed by atoms with E-state index in [0.29, 0.717) is 17.4 Å². The van der Waals surface area contributed by atoms with E-state index < -0.39 is 15.6 Å². The first kappa shape index (κ1) is 14.5. The summed E-state index contributed by atoms with van der Waals surface area (Å²) in [6.07, 6.45) is 2.09. The van der Waals surface area contributed by atoms with Crippen LogP contribution < -0.4 is 10.5 Å². The van der Waals surface area contributed by atoms with Crippen molar-refractivity contribution < 1.29 is 8.42 Å². The zero-order valence-corrected chi connectivity index (χ0v) is 12.5. The van der Waals surface area contributed by atoms with E-state index in [1.807, 2.05) is 26.8 Å². The molecule has 0 radical (unpaired) electrons. The number of aryl methyl sites for hydroxylation is 2. The van der Waals surface area contributed by atoms with Crippen molar-refractivity contribution in [2.45, 2.75) is 44.0 Å². The molecule has 1 aliphatic carbocycles. The van der Waals surface area contributed by atoms with E-state index in [-0.39, 0.29) is 0 Å². The van der Waals surface area contributed by atoms with Crippen LogP contribution in [0, 0.1) is 19.8 Å². The van der Waals surface area contributed by atoms with E-state index in [9.17, 15) is 8.42 Å². The van der Waals surface area contributed by atoms with Crippen LogP contribution in [0.4, 0.5) is 0 Å². The molecule has 106 valence electrons. The Morgan fingerprint density at radius 1 is 1.32 bits per heavy atom. The normalized spacial score (nSPS) is 19.2. The number of benzene rings is 1. The maximum Gasteiger partial charge on any atom is 0.241 e. The molecular formula is C14H22N2O2S. The molecule has 4 nitrogen and oxygen atoms in total. The molecule has 1 fully saturated rings. The monoisotopic (exact) mass is 282 g/mol. The molecule has 1 unspecified atom stereocenters. The molecule has 3 N–H and O–H groups in total. The highest BCUT2D eigenvalue weighted by Gasteiger charge is 2.43. The van der Waals surface area contributed by atoms with Gasteiger partial charge < -0.3 is 5.73 Å². The van der Waals surface area contributed by atoms with E-state index in [0.717, 1.165) is 24.0 Å². The van der Waals surface area contributed by atoms with Crippen LogP contribution in [0.15, 0.2) is 23.1 Å². The number of nitrogens with one attached hydrogen (secondary N) is 1. The fraction of sp³-hybridized carbons (Fsp3) is 0.571. The first-order valence-electron chi connectivity index (χ1n) is 6.60. The summed E-state index contributed by atoms with van der Waals surface area (Å²) in [5.41, 5.74) is 7.29. The molecule has 0 saturated heterocycles. The summed E-state index contributed by atoms with van der Waals surface area (Å²) in [4.78, 5) is 0.316. The molecule has 1 aliphatic rings. The number of nitrogens with two attached hydrogens (primary N) is 1. The second-order valence-corrected chi connectivity index (χ2v) is 7.43. The van der Waals surface area contributed by atoms with Gasteiger partial charge in [-0.2, -0.15) is 0 Å². The molecule has 2 rings (SSSR count). The van der Waals surface area contributed by atoms with E-state index >= 15 is 0 Å². The van der Waals surface area contributed by atoms with Crippen LogP contribution in [-0.2, 0) is 10.0 Å². The second kappa shape index (κ2) is 4.89. The molecule has 0 aliphatic heterocycles. The van der Waals surface area contributed by atoms with Crippen molar-refractivity contribution in [2.24, 2.45) is 11.7 Å². The van der Waals surface area contributed by atoms with Gasteiger partial charge in [0.1, 0.15) is 0 Å². The molecule has 1 saturated carbocycles. The van der Waals surface area contributed by atoms with Crippen molar-refractivity contribution in [3.05, 3.63) is 29.3 Å². The van der Waals surface area contributed by atoms with Crippen LogP contribution >= 0.6 is 0 Å². The molecule has 1 aromatic rings. The van der Waals surface area contributed by atoms with Gasteiger partial charge in [0, 0.05) is 12.1 Å². The fourth-order valence-electron chi connectivity index (χ4n) is 2.26. The Hall–Kier alpha value is -0.910. The average Bonchev–Trinajstić information content (AvgIpc) is 3.16. The highest BCUT2D eigenvalue weighted by Crippen LogP contribution is 2.39. The Balaban J connectivity index is 2.29. The highest BCUT2D eigenvalue weighted by atomic mass is 32.2. The molecule has 0 spiro atoms. The van der Waals surface area contributed by atoms with Crippen LogP contribution in [-0.4, -0.2) is 20.5 Å². The van der Waals surface area contributed by atoms with Gasteiger partial charge in [-0.25, -0.2) is 13.1 Å². The van der Waals surface area contributed by atoms with Gasteiger partial charge in [-0.15, -0.1) is 0 Å². The smallest absolute Gasteiger partial charge is 0.241 e. The van der Waals surface area contributed by atoms with E-state index in [4.69, 9.17) is 5.73 Å². The minimum Gasteiger partial charge on any atom is -0.329 e. The summed E-state index contributed by atoms with van der Waals surface area (Å²) in [5, 5.41) is 0.